The van der Waals surface area contributed by atoms with Crippen LogP contribution in [0.1, 0.15) is 0 Å². The van der Waals surface area contributed by atoms with Gasteiger partial charge < -0.3 is 4.98 Å². The molecule has 0 aliphatic heterocycles. The molecule has 1 heterocycles. The molecule has 4 heteroatoms. The molecule has 0 fully saturated rings. The molecule has 0 bridgehead atoms. The number of benzene rings is 2. The number of nitrogens with one attached hydrogen (secondary N) is 1. The molecular weight excluding hydrogens is 263 g/mol. The van der Waals surface area contributed by atoms with E-state index >= 15 is 0 Å². The van der Waals surface area contributed by atoms with Crippen LogP contribution in [0.5, 0.6) is 0 Å². The lowest BCUT2D eigenvalue weighted by Gasteiger charge is -1.97. The monoisotopic (exact) mass is 272 g/mol. The smallest absolute Gasteiger partial charge is 0.138 e. The zero-order chi connectivity index (χ0) is 13.2. The molecule has 19 heavy (non-hydrogen) atoms. The van der Waals surface area contributed by atoms with Crippen molar-refractivity contribution < 1.29 is 4.39 Å². The van der Waals surface area contributed by atoms with Crippen LogP contribution in [0.2, 0.25) is 5.02 Å². The standard InChI is InChI=1S/C15H10ClFN2/c16-12-5-1-10(2-6-12)14-9-18-15(19-14)11-3-7-13(17)8-4-11/h1-9H,(H,18,19). The lowest BCUT2D eigenvalue weighted by atomic mass is 10.2. The molecule has 2 aromatic carbocycles. The van der Waals surface area contributed by atoms with E-state index in [0.29, 0.717) is 10.8 Å². The Kier molecular flexibility index (Phi) is 3.05. The van der Waals surface area contributed by atoms with Gasteiger partial charge in [0.15, 0.2) is 0 Å². The average Bonchev–Trinajstić information content (AvgIpc) is 2.90. The maximum Gasteiger partial charge on any atom is 0.138 e. The van der Waals surface area contributed by atoms with Crippen molar-refractivity contribution >= 4 is 11.6 Å². The summed E-state index contributed by atoms with van der Waals surface area (Å²) in [5.41, 5.74) is 2.66. The number of H-pyrrole nitrogens is 1. The van der Waals surface area contributed by atoms with E-state index in [9.17, 15) is 4.39 Å². The summed E-state index contributed by atoms with van der Waals surface area (Å²) >= 11 is 5.85. The first-order chi connectivity index (χ1) is 9.22. The lowest BCUT2D eigenvalue weighted by Crippen LogP contribution is -1.82. The van der Waals surface area contributed by atoms with Crippen molar-refractivity contribution in [2.45, 2.75) is 0 Å². The molecule has 0 atom stereocenters. The molecule has 0 aliphatic rings. The quantitative estimate of drug-likeness (QED) is 0.729. The summed E-state index contributed by atoms with van der Waals surface area (Å²) in [5.74, 6) is 0.457. The van der Waals surface area contributed by atoms with E-state index in [0.717, 1.165) is 16.8 Å². The fraction of sp³-hybridized carbons (Fsp3) is 0. The van der Waals surface area contributed by atoms with Crippen LogP contribution in [-0.2, 0) is 0 Å². The van der Waals surface area contributed by atoms with Crippen molar-refractivity contribution in [3.05, 3.63) is 65.6 Å². The van der Waals surface area contributed by atoms with Gasteiger partial charge in [-0.1, -0.05) is 23.7 Å². The van der Waals surface area contributed by atoms with Gasteiger partial charge in [0.1, 0.15) is 11.6 Å². The minimum atomic E-state index is -0.256. The van der Waals surface area contributed by atoms with Gasteiger partial charge in [-0.2, -0.15) is 0 Å². The zero-order valence-electron chi connectivity index (χ0n) is 9.90. The number of nitrogens with zero attached hydrogens (tertiary/aromatic N) is 1. The molecule has 0 unspecified atom stereocenters. The molecule has 0 saturated heterocycles. The predicted octanol–water partition coefficient (Wildman–Crippen LogP) is 4.54. The Bertz CT molecular complexity index is 627. The van der Waals surface area contributed by atoms with E-state index < -0.39 is 0 Å². The zero-order valence-corrected chi connectivity index (χ0v) is 10.7. The van der Waals surface area contributed by atoms with E-state index in [-0.39, 0.29) is 5.82 Å². The second-order valence-electron chi connectivity index (χ2n) is 4.15. The summed E-state index contributed by atoms with van der Waals surface area (Å²) in [7, 11) is 0. The maximum atomic E-state index is 12.9. The predicted molar refractivity (Wildman–Crippen MR) is 74.4 cm³/mol. The van der Waals surface area contributed by atoms with Gasteiger partial charge in [0.2, 0.25) is 0 Å². The maximum absolute atomic E-state index is 12.9. The fourth-order valence-electron chi connectivity index (χ4n) is 1.85. The molecular formula is C15H10ClFN2. The molecule has 1 aromatic heterocycles. The number of rotatable bonds is 2. The third-order valence-electron chi connectivity index (χ3n) is 2.84. The number of hydrogen-bond acceptors (Lipinski definition) is 1. The Hall–Kier alpha value is -2.13. The minimum Gasteiger partial charge on any atom is -0.344 e. The molecule has 0 spiro atoms. The number of halogens is 2. The Morgan fingerprint density at radius 1 is 0.895 bits per heavy atom. The number of aromatic amines is 1. The largest absolute Gasteiger partial charge is 0.344 e. The van der Waals surface area contributed by atoms with Crippen molar-refractivity contribution in [3.63, 3.8) is 0 Å². The second kappa shape index (κ2) is 4.86. The van der Waals surface area contributed by atoms with E-state index in [1.165, 1.54) is 12.1 Å². The van der Waals surface area contributed by atoms with E-state index in [2.05, 4.69) is 9.97 Å². The number of hydrogen-bond donors (Lipinski definition) is 1. The summed E-state index contributed by atoms with van der Waals surface area (Å²) in [6.07, 6.45) is 1.82. The van der Waals surface area contributed by atoms with Crippen LogP contribution in [0.15, 0.2) is 54.7 Å². The summed E-state index contributed by atoms with van der Waals surface area (Å²) in [5, 5.41) is 0.693. The Morgan fingerprint density at radius 2 is 1.53 bits per heavy atom. The van der Waals surface area contributed by atoms with Crippen LogP contribution >= 0.6 is 11.6 Å². The van der Waals surface area contributed by atoms with Crippen molar-refractivity contribution in [2.75, 3.05) is 0 Å². The van der Waals surface area contributed by atoms with Crippen molar-refractivity contribution in [2.24, 2.45) is 0 Å². The Balaban J connectivity index is 1.95. The summed E-state index contributed by atoms with van der Waals surface area (Å²) in [6.45, 7) is 0. The highest BCUT2D eigenvalue weighted by Gasteiger charge is 2.06. The number of aromatic nitrogens is 2. The summed E-state index contributed by atoms with van der Waals surface area (Å²) < 4.78 is 12.9. The second-order valence-corrected chi connectivity index (χ2v) is 4.58. The van der Waals surface area contributed by atoms with E-state index in [1.807, 2.05) is 30.5 Å². The average molecular weight is 273 g/mol. The van der Waals surface area contributed by atoms with Crippen LogP contribution in [-0.4, -0.2) is 9.97 Å². The first kappa shape index (κ1) is 11.9. The highest BCUT2D eigenvalue weighted by atomic mass is 35.5. The van der Waals surface area contributed by atoms with E-state index in [4.69, 9.17) is 11.6 Å². The van der Waals surface area contributed by atoms with Crippen LogP contribution in [0, 0.1) is 5.82 Å². The highest BCUT2D eigenvalue weighted by molar-refractivity contribution is 6.30. The topological polar surface area (TPSA) is 28.7 Å². The normalized spacial score (nSPS) is 10.6. The van der Waals surface area contributed by atoms with Crippen LogP contribution < -0.4 is 0 Å². The molecule has 3 aromatic rings. The SMILES string of the molecule is Fc1ccc(-c2nc(-c3ccc(Cl)cc3)c[nH]2)cc1. The third-order valence-corrected chi connectivity index (χ3v) is 3.09. The van der Waals surface area contributed by atoms with Gasteiger partial charge in [-0.05, 0) is 36.4 Å². The van der Waals surface area contributed by atoms with Gasteiger partial charge in [0.25, 0.3) is 0 Å². The fourth-order valence-corrected chi connectivity index (χ4v) is 1.97. The molecule has 94 valence electrons. The van der Waals surface area contributed by atoms with Gasteiger partial charge in [-0.15, -0.1) is 0 Å². The van der Waals surface area contributed by atoms with Gasteiger partial charge in [0.05, 0.1) is 5.69 Å². The van der Waals surface area contributed by atoms with Gasteiger partial charge >= 0.3 is 0 Å². The molecule has 2 nitrogen and oxygen atoms in total. The molecule has 0 radical (unpaired) electrons. The molecule has 1 N–H and O–H groups in total. The Labute approximate surface area is 114 Å². The van der Waals surface area contributed by atoms with Crippen LogP contribution in [0.3, 0.4) is 0 Å². The molecule has 0 saturated carbocycles. The highest BCUT2D eigenvalue weighted by Crippen LogP contribution is 2.23. The van der Waals surface area contributed by atoms with Gasteiger partial charge in [-0.25, -0.2) is 9.37 Å². The molecule has 0 aliphatic carbocycles. The summed E-state index contributed by atoms with van der Waals surface area (Å²) in [6, 6.07) is 13.7. The van der Waals surface area contributed by atoms with Crippen molar-refractivity contribution in [3.8, 4) is 22.6 Å². The lowest BCUT2D eigenvalue weighted by molar-refractivity contribution is 0.628. The Morgan fingerprint density at radius 3 is 2.21 bits per heavy atom. The summed E-state index contributed by atoms with van der Waals surface area (Å²) in [4.78, 5) is 7.58. The van der Waals surface area contributed by atoms with Gasteiger partial charge in [0, 0.05) is 22.3 Å². The minimum absolute atomic E-state index is 0.256. The third kappa shape index (κ3) is 2.51. The molecule has 3 rings (SSSR count). The molecule has 0 amide bonds. The van der Waals surface area contributed by atoms with Crippen LogP contribution in [0.4, 0.5) is 4.39 Å². The number of imidazole rings is 1. The van der Waals surface area contributed by atoms with Crippen LogP contribution in [0.25, 0.3) is 22.6 Å². The first-order valence-corrected chi connectivity index (χ1v) is 6.17. The van der Waals surface area contributed by atoms with Crippen molar-refractivity contribution in [1.29, 1.82) is 0 Å². The van der Waals surface area contributed by atoms with E-state index in [1.54, 1.807) is 12.1 Å². The first-order valence-electron chi connectivity index (χ1n) is 5.80. The van der Waals surface area contributed by atoms with Crippen molar-refractivity contribution in [1.82, 2.24) is 9.97 Å². The van der Waals surface area contributed by atoms with Gasteiger partial charge in [-0.3, -0.25) is 0 Å².